The highest BCUT2D eigenvalue weighted by Crippen LogP contribution is 2.13. The van der Waals surface area contributed by atoms with E-state index in [2.05, 4.69) is 0 Å². The predicted molar refractivity (Wildman–Crippen MR) is 99.4 cm³/mol. The quantitative estimate of drug-likeness (QED) is 0.774. The molecule has 0 N–H and O–H groups in total. The van der Waals surface area contributed by atoms with Crippen LogP contribution in [-0.4, -0.2) is 47.8 Å². The van der Waals surface area contributed by atoms with Crippen molar-refractivity contribution >= 4 is 29.5 Å². The van der Waals surface area contributed by atoms with Crippen molar-refractivity contribution in [1.29, 1.82) is 0 Å². The molecule has 6 heteroatoms. The van der Waals surface area contributed by atoms with Gasteiger partial charge in [0, 0.05) is 42.8 Å². The monoisotopic (exact) mass is 372 g/mol. The first-order chi connectivity index (χ1) is 12.5. The van der Waals surface area contributed by atoms with Crippen LogP contribution in [0.15, 0.2) is 54.6 Å². The van der Waals surface area contributed by atoms with Crippen molar-refractivity contribution in [1.82, 2.24) is 9.80 Å². The molecule has 0 aromatic heterocycles. The normalized spacial score (nSPS) is 14.7. The van der Waals surface area contributed by atoms with Gasteiger partial charge in [0.15, 0.2) is 0 Å². The largest absolute Gasteiger partial charge is 0.336 e. The molecule has 0 saturated carbocycles. The Labute approximate surface area is 156 Å². The minimum atomic E-state index is -0.310. The average molecular weight is 373 g/mol. The molecule has 1 saturated heterocycles. The number of hydrogen-bond acceptors (Lipinski definition) is 2. The summed E-state index contributed by atoms with van der Waals surface area (Å²) in [5, 5.41) is 0.588. The number of amides is 2. The fraction of sp³-hybridized carbons (Fsp3) is 0.200. The molecule has 26 heavy (non-hydrogen) atoms. The van der Waals surface area contributed by atoms with Crippen LogP contribution in [0.1, 0.15) is 15.9 Å². The number of piperazine rings is 1. The van der Waals surface area contributed by atoms with E-state index in [4.69, 9.17) is 11.6 Å². The maximum atomic E-state index is 12.9. The highest BCUT2D eigenvalue weighted by molar-refractivity contribution is 6.30. The van der Waals surface area contributed by atoms with Gasteiger partial charge >= 0.3 is 0 Å². The maximum absolute atomic E-state index is 12.9. The molecule has 1 heterocycles. The number of nitrogens with zero attached hydrogens (tertiary/aromatic N) is 2. The molecule has 1 fully saturated rings. The SMILES string of the molecule is O=C(/C=C/c1ccc(F)cc1)N1CCN(C(=O)c2ccc(Cl)cc2)CC1. The van der Waals surface area contributed by atoms with Gasteiger partial charge in [-0.2, -0.15) is 0 Å². The zero-order chi connectivity index (χ0) is 18.5. The third-order valence-electron chi connectivity index (χ3n) is 4.26. The summed E-state index contributed by atoms with van der Waals surface area (Å²) in [5.74, 6) is -0.488. The van der Waals surface area contributed by atoms with Crippen molar-refractivity contribution in [3.8, 4) is 0 Å². The molecule has 0 bridgehead atoms. The van der Waals surface area contributed by atoms with Gasteiger partial charge in [-0.25, -0.2) is 4.39 Å². The van der Waals surface area contributed by atoms with Crippen molar-refractivity contribution in [3.63, 3.8) is 0 Å². The molecule has 2 amide bonds. The standard InChI is InChI=1S/C20H18ClFN2O2/c21-17-6-4-16(5-7-17)20(26)24-13-11-23(12-14-24)19(25)10-3-15-1-8-18(22)9-2-15/h1-10H,11-14H2/b10-3+. The first-order valence-corrected chi connectivity index (χ1v) is 8.68. The lowest BCUT2D eigenvalue weighted by Crippen LogP contribution is -2.50. The molecule has 0 spiro atoms. The van der Waals surface area contributed by atoms with Crippen LogP contribution in [0.2, 0.25) is 5.02 Å². The highest BCUT2D eigenvalue weighted by Gasteiger charge is 2.23. The summed E-state index contributed by atoms with van der Waals surface area (Å²) in [5.41, 5.74) is 1.35. The maximum Gasteiger partial charge on any atom is 0.253 e. The average Bonchev–Trinajstić information content (AvgIpc) is 2.67. The van der Waals surface area contributed by atoms with Crippen LogP contribution in [0.4, 0.5) is 4.39 Å². The number of hydrogen-bond donors (Lipinski definition) is 0. The van der Waals surface area contributed by atoms with E-state index in [1.807, 2.05) is 0 Å². The van der Waals surface area contributed by atoms with Crippen LogP contribution >= 0.6 is 11.6 Å². The van der Waals surface area contributed by atoms with Gasteiger partial charge in [-0.1, -0.05) is 23.7 Å². The van der Waals surface area contributed by atoms with Gasteiger partial charge in [-0.05, 0) is 48.0 Å². The van der Waals surface area contributed by atoms with Crippen molar-refractivity contribution < 1.29 is 14.0 Å². The molecule has 0 radical (unpaired) electrons. The Kier molecular flexibility index (Phi) is 5.68. The second kappa shape index (κ2) is 8.15. The van der Waals surface area contributed by atoms with E-state index in [9.17, 15) is 14.0 Å². The van der Waals surface area contributed by atoms with Gasteiger partial charge in [0.2, 0.25) is 5.91 Å². The van der Waals surface area contributed by atoms with Crippen molar-refractivity contribution in [2.45, 2.75) is 0 Å². The number of carbonyl (C=O) groups excluding carboxylic acids is 2. The summed E-state index contributed by atoms with van der Waals surface area (Å²) in [7, 11) is 0. The molecule has 134 valence electrons. The molecule has 0 atom stereocenters. The lowest BCUT2D eigenvalue weighted by molar-refractivity contribution is -0.127. The van der Waals surface area contributed by atoms with E-state index < -0.39 is 0 Å². The molecular weight excluding hydrogens is 355 g/mol. The first-order valence-electron chi connectivity index (χ1n) is 8.30. The molecule has 2 aromatic carbocycles. The smallest absolute Gasteiger partial charge is 0.253 e. The molecule has 1 aliphatic heterocycles. The minimum absolute atomic E-state index is 0.0596. The van der Waals surface area contributed by atoms with Crippen molar-refractivity contribution in [2.24, 2.45) is 0 Å². The van der Waals surface area contributed by atoms with Crippen molar-refractivity contribution in [2.75, 3.05) is 26.2 Å². The molecule has 0 unspecified atom stereocenters. The van der Waals surface area contributed by atoms with Gasteiger partial charge < -0.3 is 9.80 Å². The van der Waals surface area contributed by atoms with E-state index in [0.717, 1.165) is 5.56 Å². The lowest BCUT2D eigenvalue weighted by atomic mass is 10.1. The Hall–Kier alpha value is -2.66. The third-order valence-corrected chi connectivity index (χ3v) is 4.51. The second-order valence-electron chi connectivity index (χ2n) is 6.01. The minimum Gasteiger partial charge on any atom is -0.336 e. The third kappa shape index (κ3) is 4.49. The summed E-state index contributed by atoms with van der Waals surface area (Å²) < 4.78 is 12.9. The summed E-state index contributed by atoms with van der Waals surface area (Å²) in [6.07, 6.45) is 3.14. The van der Waals surface area contributed by atoms with E-state index in [1.54, 1.807) is 52.3 Å². The van der Waals surface area contributed by atoms with Gasteiger partial charge in [-0.3, -0.25) is 9.59 Å². The summed E-state index contributed by atoms with van der Waals surface area (Å²) in [4.78, 5) is 28.2. The Morgan fingerprint density at radius 3 is 2.08 bits per heavy atom. The zero-order valence-corrected chi connectivity index (χ0v) is 14.8. The number of rotatable bonds is 3. The summed E-state index contributed by atoms with van der Waals surface area (Å²) in [6, 6.07) is 12.7. The Bertz CT molecular complexity index is 811. The van der Waals surface area contributed by atoms with Gasteiger partial charge in [0.25, 0.3) is 5.91 Å². The van der Waals surface area contributed by atoms with E-state index >= 15 is 0 Å². The molecular formula is C20H18ClFN2O2. The second-order valence-corrected chi connectivity index (χ2v) is 6.45. The number of carbonyl (C=O) groups is 2. The Balaban J connectivity index is 1.54. The molecule has 3 rings (SSSR count). The fourth-order valence-corrected chi connectivity index (χ4v) is 2.88. The molecule has 2 aromatic rings. The lowest BCUT2D eigenvalue weighted by Gasteiger charge is -2.34. The zero-order valence-electron chi connectivity index (χ0n) is 14.1. The topological polar surface area (TPSA) is 40.6 Å². The Morgan fingerprint density at radius 1 is 0.885 bits per heavy atom. The van der Waals surface area contributed by atoms with Crippen LogP contribution in [0.3, 0.4) is 0 Å². The molecule has 0 aliphatic carbocycles. The summed E-state index contributed by atoms with van der Waals surface area (Å²) >= 11 is 5.84. The van der Waals surface area contributed by atoms with Gasteiger partial charge in [-0.15, -0.1) is 0 Å². The van der Waals surface area contributed by atoms with Crippen LogP contribution in [0, 0.1) is 5.82 Å². The van der Waals surface area contributed by atoms with Gasteiger partial charge in [0.05, 0.1) is 0 Å². The van der Waals surface area contributed by atoms with E-state index in [1.165, 1.54) is 18.2 Å². The molecule has 1 aliphatic rings. The Morgan fingerprint density at radius 2 is 1.46 bits per heavy atom. The van der Waals surface area contributed by atoms with Crippen LogP contribution in [0.25, 0.3) is 6.08 Å². The van der Waals surface area contributed by atoms with Gasteiger partial charge in [0.1, 0.15) is 5.82 Å². The highest BCUT2D eigenvalue weighted by atomic mass is 35.5. The van der Waals surface area contributed by atoms with Crippen LogP contribution < -0.4 is 0 Å². The van der Waals surface area contributed by atoms with E-state index in [-0.39, 0.29) is 17.6 Å². The number of benzene rings is 2. The van der Waals surface area contributed by atoms with Crippen LogP contribution in [-0.2, 0) is 4.79 Å². The number of halogens is 2. The summed E-state index contributed by atoms with van der Waals surface area (Å²) in [6.45, 7) is 1.92. The van der Waals surface area contributed by atoms with Crippen LogP contribution in [0.5, 0.6) is 0 Å². The fourth-order valence-electron chi connectivity index (χ4n) is 2.75. The first kappa shape index (κ1) is 18.1. The predicted octanol–water partition coefficient (Wildman–Crippen LogP) is 3.48. The molecule has 4 nitrogen and oxygen atoms in total. The van der Waals surface area contributed by atoms with E-state index in [0.29, 0.717) is 36.8 Å². The van der Waals surface area contributed by atoms with Crippen molar-refractivity contribution in [3.05, 3.63) is 76.6 Å².